The molecule has 0 saturated heterocycles. The Morgan fingerprint density at radius 1 is 1.29 bits per heavy atom. The fourth-order valence-electron chi connectivity index (χ4n) is 2.45. The van der Waals surface area contributed by atoms with Crippen LogP contribution in [0.4, 0.5) is 5.69 Å². The fraction of sp³-hybridized carbons (Fsp3) is 0.450. The number of likely N-dealkylation sites (N-methyl/N-ethyl adjacent to an activating group) is 1. The monoisotopic (exact) mass is 387 g/mol. The molecule has 152 valence electrons. The van der Waals surface area contributed by atoms with Gasteiger partial charge in [-0.1, -0.05) is 17.7 Å². The number of nitrogens with one attached hydrogen (secondary N) is 1. The summed E-state index contributed by atoms with van der Waals surface area (Å²) in [6.45, 7) is 6.53. The molecule has 0 unspecified atom stereocenters. The van der Waals surface area contributed by atoms with Crippen molar-refractivity contribution in [2.45, 2.75) is 39.3 Å². The highest BCUT2D eigenvalue weighted by Crippen LogP contribution is 2.12. The molecule has 28 heavy (non-hydrogen) atoms. The molecule has 0 saturated carbocycles. The van der Waals surface area contributed by atoms with Crippen molar-refractivity contribution in [3.63, 3.8) is 0 Å². The number of hydrogen-bond acceptors (Lipinski definition) is 5. The van der Waals surface area contributed by atoms with Gasteiger partial charge in [-0.15, -0.1) is 0 Å². The van der Waals surface area contributed by atoms with Crippen molar-refractivity contribution in [2.75, 3.05) is 25.5 Å². The molecular formula is C20H29N5O3. The number of ether oxygens (including phenoxy) is 1. The van der Waals surface area contributed by atoms with E-state index in [0.717, 1.165) is 5.75 Å². The number of aromatic nitrogens is 2. The summed E-state index contributed by atoms with van der Waals surface area (Å²) < 4.78 is 7.13. The molecule has 1 aromatic carbocycles. The minimum absolute atomic E-state index is 0.0826. The molecule has 0 fully saturated rings. The van der Waals surface area contributed by atoms with Crippen LogP contribution < -0.4 is 15.8 Å². The van der Waals surface area contributed by atoms with E-state index in [1.165, 1.54) is 16.4 Å². The Kier molecular flexibility index (Phi) is 7.17. The quantitative estimate of drug-likeness (QED) is 0.683. The number of carbonyl (C=O) groups is 2. The predicted octanol–water partition coefficient (Wildman–Crippen LogP) is 1.79. The number of nitrogens with zero attached hydrogens (tertiary/aromatic N) is 3. The van der Waals surface area contributed by atoms with E-state index in [2.05, 4.69) is 10.4 Å². The number of nitrogens with two attached hydrogens (primary N) is 1. The second-order valence-corrected chi connectivity index (χ2v) is 7.62. The van der Waals surface area contributed by atoms with Crippen molar-refractivity contribution in [3.8, 4) is 5.75 Å². The van der Waals surface area contributed by atoms with E-state index in [0.29, 0.717) is 18.8 Å². The van der Waals surface area contributed by atoms with E-state index in [4.69, 9.17) is 10.5 Å². The molecule has 0 aliphatic carbocycles. The van der Waals surface area contributed by atoms with E-state index in [1.807, 2.05) is 31.2 Å². The Hall–Kier alpha value is -2.87. The van der Waals surface area contributed by atoms with Crippen molar-refractivity contribution < 1.29 is 14.3 Å². The molecule has 2 amide bonds. The lowest BCUT2D eigenvalue weighted by Gasteiger charge is -2.17. The van der Waals surface area contributed by atoms with Gasteiger partial charge in [0, 0.05) is 25.2 Å². The molecule has 2 rings (SSSR count). The Morgan fingerprint density at radius 3 is 2.61 bits per heavy atom. The lowest BCUT2D eigenvalue weighted by Crippen LogP contribution is -2.36. The summed E-state index contributed by atoms with van der Waals surface area (Å²) in [5.74, 6) is 0.486. The van der Waals surface area contributed by atoms with E-state index in [-0.39, 0.29) is 24.8 Å². The Morgan fingerprint density at radius 2 is 1.96 bits per heavy atom. The van der Waals surface area contributed by atoms with E-state index < -0.39 is 5.54 Å². The van der Waals surface area contributed by atoms with Gasteiger partial charge in [0.1, 0.15) is 18.9 Å². The van der Waals surface area contributed by atoms with Crippen LogP contribution in [0, 0.1) is 6.92 Å². The van der Waals surface area contributed by atoms with Gasteiger partial charge in [0.15, 0.2) is 0 Å². The van der Waals surface area contributed by atoms with Gasteiger partial charge in [0.2, 0.25) is 11.8 Å². The molecule has 8 heteroatoms. The lowest BCUT2D eigenvalue weighted by atomic mass is 10.0. The average Bonchev–Trinajstić information content (AvgIpc) is 3.01. The molecule has 3 N–H and O–H groups in total. The number of amides is 2. The first-order valence-electron chi connectivity index (χ1n) is 9.17. The third kappa shape index (κ3) is 7.40. The summed E-state index contributed by atoms with van der Waals surface area (Å²) in [5, 5.41) is 6.85. The zero-order valence-electron chi connectivity index (χ0n) is 16.9. The minimum atomic E-state index is -0.584. The third-order valence-corrected chi connectivity index (χ3v) is 3.97. The summed E-state index contributed by atoms with van der Waals surface area (Å²) in [4.78, 5) is 25.8. The molecule has 0 atom stereocenters. The Bertz CT molecular complexity index is 793. The number of carbonyl (C=O) groups excluding carboxylic acids is 2. The van der Waals surface area contributed by atoms with E-state index >= 15 is 0 Å². The molecule has 2 aromatic rings. The number of anilines is 1. The smallest absolute Gasteiger partial charge is 0.244 e. The summed E-state index contributed by atoms with van der Waals surface area (Å²) in [5.41, 5.74) is 6.95. The maximum Gasteiger partial charge on any atom is 0.244 e. The summed E-state index contributed by atoms with van der Waals surface area (Å²) >= 11 is 0. The lowest BCUT2D eigenvalue weighted by molar-refractivity contribution is -0.131. The van der Waals surface area contributed by atoms with Gasteiger partial charge in [-0.25, -0.2) is 0 Å². The van der Waals surface area contributed by atoms with Gasteiger partial charge in [0.05, 0.1) is 18.4 Å². The van der Waals surface area contributed by atoms with Crippen molar-refractivity contribution >= 4 is 17.5 Å². The van der Waals surface area contributed by atoms with Crippen LogP contribution in [0.25, 0.3) is 0 Å². The van der Waals surface area contributed by atoms with Crippen molar-refractivity contribution in [2.24, 2.45) is 5.73 Å². The van der Waals surface area contributed by atoms with Crippen LogP contribution in [0.5, 0.6) is 5.75 Å². The summed E-state index contributed by atoms with van der Waals surface area (Å²) in [7, 11) is 1.72. The Labute approximate surface area is 165 Å². The van der Waals surface area contributed by atoms with Crippen LogP contribution >= 0.6 is 0 Å². The fourth-order valence-corrected chi connectivity index (χ4v) is 2.45. The molecule has 0 spiro atoms. The predicted molar refractivity (Wildman–Crippen MR) is 108 cm³/mol. The minimum Gasteiger partial charge on any atom is -0.492 e. The van der Waals surface area contributed by atoms with Gasteiger partial charge in [-0.05, 0) is 32.9 Å². The van der Waals surface area contributed by atoms with E-state index in [1.54, 1.807) is 32.0 Å². The molecule has 0 radical (unpaired) electrons. The normalized spacial score (nSPS) is 11.2. The van der Waals surface area contributed by atoms with Gasteiger partial charge in [0.25, 0.3) is 0 Å². The SMILES string of the molecule is Cc1ccc(OCCN(C)C(=O)Cn2cc(NC(=O)CC(C)(C)N)cn2)cc1. The maximum absolute atomic E-state index is 12.3. The summed E-state index contributed by atoms with van der Waals surface area (Å²) in [6.07, 6.45) is 3.33. The molecule has 0 aliphatic heterocycles. The molecule has 1 aromatic heterocycles. The number of aryl methyl sites for hydroxylation is 1. The zero-order chi connectivity index (χ0) is 20.7. The maximum atomic E-state index is 12.3. The second kappa shape index (κ2) is 9.36. The second-order valence-electron chi connectivity index (χ2n) is 7.62. The number of hydrogen-bond donors (Lipinski definition) is 2. The first-order valence-corrected chi connectivity index (χ1v) is 9.17. The largest absolute Gasteiger partial charge is 0.492 e. The van der Waals surface area contributed by atoms with Crippen molar-refractivity contribution in [1.29, 1.82) is 0 Å². The molecule has 0 bridgehead atoms. The first kappa shape index (κ1) is 21.4. The van der Waals surface area contributed by atoms with Gasteiger partial charge >= 0.3 is 0 Å². The standard InChI is InChI=1S/C20H29N5O3/c1-15-5-7-17(8-6-15)28-10-9-24(4)19(27)14-25-13-16(12-22-25)23-18(26)11-20(2,3)21/h5-8,12-13H,9-11,14,21H2,1-4H3,(H,23,26). The Balaban J connectivity index is 1.76. The highest BCUT2D eigenvalue weighted by Gasteiger charge is 2.17. The van der Waals surface area contributed by atoms with Crippen LogP contribution in [0.3, 0.4) is 0 Å². The average molecular weight is 387 g/mol. The topological polar surface area (TPSA) is 102 Å². The summed E-state index contributed by atoms with van der Waals surface area (Å²) in [6, 6.07) is 7.77. The van der Waals surface area contributed by atoms with Crippen LogP contribution in [-0.4, -0.2) is 52.2 Å². The molecule has 0 aliphatic rings. The van der Waals surface area contributed by atoms with Gasteiger partial charge < -0.3 is 20.7 Å². The van der Waals surface area contributed by atoms with Crippen LogP contribution in [0.1, 0.15) is 25.8 Å². The van der Waals surface area contributed by atoms with Crippen LogP contribution in [0.15, 0.2) is 36.7 Å². The van der Waals surface area contributed by atoms with E-state index in [9.17, 15) is 9.59 Å². The van der Waals surface area contributed by atoms with Crippen LogP contribution in [-0.2, 0) is 16.1 Å². The molecular weight excluding hydrogens is 358 g/mol. The number of benzene rings is 1. The van der Waals surface area contributed by atoms with Gasteiger partial charge in [-0.3, -0.25) is 14.3 Å². The van der Waals surface area contributed by atoms with Gasteiger partial charge in [-0.2, -0.15) is 5.10 Å². The molecule has 1 heterocycles. The van der Waals surface area contributed by atoms with Crippen LogP contribution in [0.2, 0.25) is 0 Å². The third-order valence-electron chi connectivity index (χ3n) is 3.97. The van der Waals surface area contributed by atoms with Crippen molar-refractivity contribution in [3.05, 3.63) is 42.2 Å². The number of rotatable bonds is 9. The van der Waals surface area contributed by atoms with Crippen molar-refractivity contribution in [1.82, 2.24) is 14.7 Å². The first-order chi connectivity index (χ1) is 13.1. The highest BCUT2D eigenvalue weighted by molar-refractivity contribution is 5.91. The zero-order valence-corrected chi connectivity index (χ0v) is 16.9. The highest BCUT2D eigenvalue weighted by atomic mass is 16.5. The molecule has 8 nitrogen and oxygen atoms in total.